The Bertz CT molecular complexity index is 1390. The van der Waals surface area contributed by atoms with Crippen LogP contribution in [0.25, 0.3) is 22.2 Å². The zero-order valence-corrected chi connectivity index (χ0v) is 19.7. The Labute approximate surface area is 194 Å². The molecule has 0 N–H and O–H groups in total. The number of rotatable bonds is 4. The quantitative estimate of drug-likeness (QED) is 0.289. The minimum atomic E-state index is 0.769. The van der Waals surface area contributed by atoms with E-state index in [0.717, 1.165) is 33.6 Å². The lowest BCUT2D eigenvalue weighted by Crippen LogP contribution is -2.15. The van der Waals surface area contributed by atoms with Gasteiger partial charge in [-0.1, -0.05) is 47.6 Å². The number of fused-ring (bicyclic) bond motifs is 1. The van der Waals surface area contributed by atoms with Crippen molar-refractivity contribution >= 4 is 28.0 Å². The molecule has 0 aliphatic rings. The highest BCUT2D eigenvalue weighted by Crippen LogP contribution is 2.42. The lowest BCUT2D eigenvalue weighted by molar-refractivity contribution is 0.451. The van der Waals surface area contributed by atoms with E-state index >= 15 is 0 Å². The molecule has 2 aromatic heterocycles. The molecule has 4 nitrogen and oxygen atoms in total. The first-order chi connectivity index (χ1) is 16.0. The topological polar surface area (TPSA) is 42.2 Å². The molecule has 0 saturated heterocycles. The summed E-state index contributed by atoms with van der Waals surface area (Å²) in [6, 6.07) is 23.2. The first-order valence-electron chi connectivity index (χ1n) is 11.2. The van der Waals surface area contributed by atoms with E-state index in [2.05, 4.69) is 86.3 Å². The fraction of sp³-hybridized carbons (Fsp3) is 0.172. The number of hydrogen-bond donors (Lipinski definition) is 0. The van der Waals surface area contributed by atoms with Crippen LogP contribution in [0.1, 0.15) is 27.9 Å². The summed E-state index contributed by atoms with van der Waals surface area (Å²) < 4.78 is 5.68. The Morgan fingerprint density at radius 3 is 1.88 bits per heavy atom. The van der Waals surface area contributed by atoms with Gasteiger partial charge in [0.05, 0.1) is 22.8 Å². The van der Waals surface area contributed by atoms with Gasteiger partial charge in [0.25, 0.3) is 0 Å². The number of hydrogen-bond acceptors (Lipinski definition) is 4. The fourth-order valence-electron chi connectivity index (χ4n) is 4.68. The average molecular weight is 434 g/mol. The molecule has 0 saturated carbocycles. The standard InChI is InChI=1S/C29H27N3O/c1-18-9-6-10-19(2)27(18)32(28-20(3)11-7-12-21(28)4)23-15-16-30-26(17-23)25-14-8-13-24-22(5)31-33-29(24)25/h6-17H,1-5H3. The number of benzene rings is 3. The van der Waals surface area contributed by atoms with Crippen molar-refractivity contribution in [2.24, 2.45) is 0 Å². The third kappa shape index (κ3) is 3.58. The van der Waals surface area contributed by atoms with Crippen LogP contribution in [-0.4, -0.2) is 10.1 Å². The molecule has 0 unspecified atom stereocenters. The molecule has 3 aromatic carbocycles. The number of aryl methyl sites for hydroxylation is 5. The van der Waals surface area contributed by atoms with Crippen LogP contribution in [0.3, 0.4) is 0 Å². The van der Waals surface area contributed by atoms with E-state index in [1.54, 1.807) is 0 Å². The van der Waals surface area contributed by atoms with E-state index in [-0.39, 0.29) is 0 Å². The summed E-state index contributed by atoms with van der Waals surface area (Å²) in [5, 5.41) is 5.18. The molecular weight excluding hydrogens is 406 g/mol. The second kappa shape index (κ2) is 8.21. The van der Waals surface area contributed by atoms with Crippen molar-refractivity contribution in [1.82, 2.24) is 10.1 Å². The first kappa shape index (κ1) is 21.0. The first-order valence-corrected chi connectivity index (χ1v) is 11.2. The van der Waals surface area contributed by atoms with Gasteiger partial charge in [0.2, 0.25) is 0 Å². The van der Waals surface area contributed by atoms with Gasteiger partial charge in [-0.25, -0.2) is 0 Å². The molecule has 0 amide bonds. The molecule has 5 rings (SSSR count). The van der Waals surface area contributed by atoms with E-state index in [1.165, 1.54) is 33.6 Å². The minimum Gasteiger partial charge on any atom is -0.355 e. The van der Waals surface area contributed by atoms with Crippen molar-refractivity contribution in [3.63, 3.8) is 0 Å². The van der Waals surface area contributed by atoms with Crippen LogP contribution < -0.4 is 4.90 Å². The zero-order chi connectivity index (χ0) is 23.1. The van der Waals surface area contributed by atoms with Gasteiger partial charge in [0.1, 0.15) is 0 Å². The third-order valence-electron chi connectivity index (χ3n) is 6.28. The van der Waals surface area contributed by atoms with E-state index in [9.17, 15) is 0 Å². The SMILES string of the molecule is Cc1cccc(C)c1N(c1ccnc(-c2cccc3c(C)noc23)c1)c1c(C)cccc1C. The van der Waals surface area contributed by atoms with Crippen molar-refractivity contribution in [2.75, 3.05) is 4.90 Å². The van der Waals surface area contributed by atoms with Crippen LogP contribution in [-0.2, 0) is 0 Å². The van der Waals surface area contributed by atoms with Crippen LogP contribution in [0.5, 0.6) is 0 Å². The van der Waals surface area contributed by atoms with E-state index < -0.39 is 0 Å². The molecule has 0 bridgehead atoms. The zero-order valence-electron chi connectivity index (χ0n) is 19.7. The van der Waals surface area contributed by atoms with Crippen LogP contribution in [0.4, 0.5) is 17.1 Å². The monoisotopic (exact) mass is 433 g/mol. The molecular formula is C29H27N3O. The Morgan fingerprint density at radius 2 is 1.27 bits per heavy atom. The maximum atomic E-state index is 5.68. The van der Waals surface area contributed by atoms with Crippen molar-refractivity contribution in [3.8, 4) is 11.3 Å². The van der Waals surface area contributed by atoms with Crippen LogP contribution in [0.15, 0.2) is 77.4 Å². The van der Waals surface area contributed by atoms with Crippen molar-refractivity contribution in [1.29, 1.82) is 0 Å². The summed E-state index contributed by atoms with van der Waals surface area (Å²) in [6.45, 7) is 10.6. The molecule has 0 aliphatic carbocycles. The van der Waals surface area contributed by atoms with Crippen molar-refractivity contribution in [3.05, 3.63) is 101 Å². The predicted octanol–water partition coefficient (Wildman–Crippen LogP) is 7.90. The Balaban J connectivity index is 1.77. The molecule has 2 heterocycles. The maximum absolute atomic E-state index is 5.68. The van der Waals surface area contributed by atoms with Gasteiger partial charge in [0, 0.05) is 22.8 Å². The molecule has 0 atom stereocenters. The second-order valence-corrected chi connectivity index (χ2v) is 8.67. The Kier molecular flexibility index (Phi) is 5.21. The van der Waals surface area contributed by atoms with Gasteiger partial charge in [-0.2, -0.15) is 0 Å². The van der Waals surface area contributed by atoms with Gasteiger partial charge in [-0.05, 0) is 81.1 Å². The fourth-order valence-corrected chi connectivity index (χ4v) is 4.68. The highest BCUT2D eigenvalue weighted by molar-refractivity contribution is 5.93. The van der Waals surface area contributed by atoms with Gasteiger partial charge >= 0.3 is 0 Å². The summed E-state index contributed by atoms with van der Waals surface area (Å²) in [4.78, 5) is 7.08. The number of para-hydroxylation sites is 3. The second-order valence-electron chi connectivity index (χ2n) is 8.67. The molecule has 0 aliphatic heterocycles. The van der Waals surface area contributed by atoms with Gasteiger partial charge in [0.15, 0.2) is 5.58 Å². The molecule has 4 heteroatoms. The van der Waals surface area contributed by atoms with Crippen molar-refractivity contribution < 1.29 is 4.52 Å². The van der Waals surface area contributed by atoms with E-state index in [1.807, 2.05) is 31.3 Å². The third-order valence-corrected chi connectivity index (χ3v) is 6.28. The lowest BCUT2D eigenvalue weighted by atomic mass is 10.0. The average Bonchev–Trinajstić information content (AvgIpc) is 3.19. The highest BCUT2D eigenvalue weighted by atomic mass is 16.5. The van der Waals surface area contributed by atoms with Crippen LogP contribution >= 0.6 is 0 Å². The van der Waals surface area contributed by atoms with Crippen LogP contribution in [0.2, 0.25) is 0 Å². The number of anilines is 3. The maximum Gasteiger partial charge on any atom is 0.176 e. The normalized spacial score (nSPS) is 11.2. The molecule has 0 spiro atoms. The Hall–Kier alpha value is -3.92. The lowest BCUT2D eigenvalue weighted by Gasteiger charge is -2.31. The molecule has 0 fully saturated rings. The molecule has 5 aromatic rings. The number of aromatic nitrogens is 2. The predicted molar refractivity (Wildman–Crippen MR) is 136 cm³/mol. The van der Waals surface area contributed by atoms with Crippen LogP contribution in [0, 0.1) is 34.6 Å². The molecule has 164 valence electrons. The summed E-state index contributed by atoms with van der Waals surface area (Å²) in [5.41, 5.74) is 11.8. The molecule has 0 radical (unpaired) electrons. The highest BCUT2D eigenvalue weighted by Gasteiger charge is 2.21. The Morgan fingerprint density at radius 1 is 0.697 bits per heavy atom. The van der Waals surface area contributed by atoms with Gasteiger partial charge in [-0.3, -0.25) is 4.98 Å². The number of nitrogens with zero attached hydrogens (tertiary/aromatic N) is 3. The number of pyridine rings is 1. The summed E-state index contributed by atoms with van der Waals surface area (Å²) >= 11 is 0. The molecule has 33 heavy (non-hydrogen) atoms. The van der Waals surface area contributed by atoms with Crippen molar-refractivity contribution in [2.45, 2.75) is 34.6 Å². The minimum absolute atomic E-state index is 0.769. The van der Waals surface area contributed by atoms with E-state index in [4.69, 9.17) is 9.51 Å². The van der Waals surface area contributed by atoms with Gasteiger partial charge < -0.3 is 9.42 Å². The summed E-state index contributed by atoms with van der Waals surface area (Å²) in [7, 11) is 0. The largest absolute Gasteiger partial charge is 0.355 e. The summed E-state index contributed by atoms with van der Waals surface area (Å²) in [5.74, 6) is 0. The van der Waals surface area contributed by atoms with E-state index in [0.29, 0.717) is 0 Å². The summed E-state index contributed by atoms with van der Waals surface area (Å²) in [6.07, 6.45) is 1.88. The smallest absolute Gasteiger partial charge is 0.176 e. The van der Waals surface area contributed by atoms with Gasteiger partial charge in [-0.15, -0.1) is 0 Å².